The summed E-state index contributed by atoms with van der Waals surface area (Å²) in [5.41, 5.74) is -0.912. The van der Waals surface area contributed by atoms with Crippen LogP contribution in [-0.2, 0) is 11.8 Å². The van der Waals surface area contributed by atoms with Gasteiger partial charge in [0.05, 0.1) is 11.9 Å². The average molecular weight is 308 g/mol. The molecule has 2 aromatic heterocycles. The molecule has 2 N–H and O–H groups in total. The number of fused-ring (bicyclic) bond motifs is 1. The Morgan fingerprint density at radius 3 is 2.90 bits per heavy atom. The Morgan fingerprint density at radius 2 is 2.29 bits per heavy atom. The van der Waals surface area contributed by atoms with Gasteiger partial charge in [0.15, 0.2) is 10.8 Å². The fourth-order valence-corrected chi connectivity index (χ4v) is 2.14. The van der Waals surface area contributed by atoms with Crippen molar-refractivity contribution >= 4 is 35.0 Å². The van der Waals surface area contributed by atoms with Gasteiger partial charge < -0.3 is 15.2 Å². The number of amides is 1. The molecule has 0 spiro atoms. The molecule has 0 saturated carbocycles. The van der Waals surface area contributed by atoms with Crippen LogP contribution in [0.4, 0.5) is 0 Å². The van der Waals surface area contributed by atoms with Crippen LogP contribution in [-0.4, -0.2) is 44.6 Å². The first-order valence-corrected chi connectivity index (χ1v) is 7.08. The monoisotopic (exact) mass is 308 g/mol. The van der Waals surface area contributed by atoms with Gasteiger partial charge >= 0.3 is 0 Å². The van der Waals surface area contributed by atoms with Crippen molar-refractivity contribution in [2.75, 3.05) is 12.8 Å². The fourth-order valence-electron chi connectivity index (χ4n) is 1.81. The highest BCUT2D eigenvalue weighted by Crippen LogP contribution is 2.25. The number of rotatable bonds is 4. The molecule has 2 rings (SSSR count). The summed E-state index contributed by atoms with van der Waals surface area (Å²) in [5, 5.41) is 13.0. The highest BCUT2D eigenvalue weighted by molar-refractivity contribution is 7.98. The number of aromatic hydroxyl groups is 1. The second-order valence-electron chi connectivity index (χ2n) is 4.06. The van der Waals surface area contributed by atoms with Crippen molar-refractivity contribution in [1.29, 1.82) is 0 Å². The van der Waals surface area contributed by atoms with E-state index in [1.165, 1.54) is 25.0 Å². The van der Waals surface area contributed by atoms with Crippen LogP contribution in [0.1, 0.15) is 10.4 Å². The summed E-state index contributed by atoms with van der Waals surface area (Å²) in [5.74, 6) is -1.32. The van der Waals surface area contributed by atoms with Crippen LogP contribution in [0.3, 0.4) is 0 Å². The van der Waals surface area contributed by atoms with Gasteiger partial charge in [-0.25, -0.2) is 9.97 Å². The van der Waals surface area contributed by atoms with Crippen LogP contribution < -0.4 is 10.9 Å². The number of nitrogens with one attached hydrogen (secondary N) is 1. The van der Waals surface area contributed by atoms with E-state index in [-0.39, 0.29) is 17.6 Å². The molecule has 2 heterocycles. The second-order valence-corrected chi connectivity index (χ2v) is 4.83. The van der Waals surface area contributed by atoms with Crippen LogP contribution in [0.25, 0.3) is 11.0 Å². The van der Waals surface area contributed by atoms with Gasteiger partial charge in [-0.15, -0.1) is 0 Å². The summed E-state index contributed by atoms with van der Waals surface area (Å²) in [6, 6.07) is 0. The molecule has 21 heavy (non-hydrogen) atoms. The van der Waals surface area contributed by atoms with Crippen LogP contribution in [0, 0.1) is 0 Å². The molecule has 110 valence electrons. The maximum absolute atomic E-state index is 12.2. The van der Waals surface area contributed by atoms with Crippen molar-refractivity contribution in [2.24, 2.45) is 7.05 Å². The second kappa shape index (κ2) is 5.92. The SMILES string of the molecule is CSc1ncc2c(O)c(C(=O)NCC=O)c(=O)n(C)c2n1. The predicted molar refractivity (Wildman–Crippen MR) is 76.6 cm³/mol. The Kier molecular flexibility index (Phi) is 4.22. The molecule has 0 saturated heterocycles. The van der Waals surface area contributed by atoms with Crippen molar-refractivity contribution in [2.45, 2.75) is 5.16 Å². The number of thioether (sulfide) groups is 1. The van der Waals surface area contributed by atoms with E-state index in [0.717, 1.165) is 4.57 Å². The van der Waals surface area contributed by atoms with E-state index in [0.29, 0.717) is 11.4 Å². The normalized spacial score (nSPS) is 10.6. The van der Waals surface area contributed by atoms with Gasteiger partial charge in [0, 0.05) is 13.2 Å². The standard InChI is InChI=1S/C12H12N4O4S/c1-16-9-6(5-14-12(15-9)21-2)8(18)7(11(16)20)10(19)13-3-4-17/h4-5,18H,3H2,1-2H3,(H,13,19). The molecule has 0 unspecified atom stereocenters. The minimum Gasteiger partial charge on any atom is -0.506 e. The van der Waals surface area contributed by atoms with Gasteiger partial charge in [-0.3, -0.25) is 14.2 Å². The van der Waals surface area contributed by atoms with Crippen LogP contribution in [0.2, 0.25) is 0 Å². The smallest absolute Gasteiger partial charge is 0.268 e. The Morgan fingerprint density at radius 1 is 1.57 bits per heavy atom. The number of nitrogens with zero attached hydrogens (tertiary/aromatic N) is 3. The maximum atomic E-state index is 12.2. The van der Waals surface area contributed by atoms with E-state index >= 15 is 0 Å². The number of pyridine rings is 1. The van der Waals surface area contributed by atoms with Crippen molar-refractivity contribution in [1.82, 2.24) is 19.9 Å². The fraction of sp³-hybridized carbons (Fsp3) is 0.250. The minimum absolute atomic E-state index is 0.186. The topological polar surface area (TPSA) is 114 Å². The zero-order valence-electron chi connectivity index (χ0n) is 11.3. The molecule has 9 heteroatoms. The van der Waals surface area contributed by atoms with E-state index in [4.69, 9.17) is 0 Å². The Bertz CT molecular complexity index is 787. The van der Waals surface area contributed by atoms with E-state index in [9.17, 15) is 19.5 Å². The molecule has 0 bridgehead atoms. The number of aryl methyl sites for hydroxylation is 1. The first-order valence-electron chi connectivity index (χ1n) is 5.85. The van der Waals surface area contributed by atoms with Crippen molar-refractivity contribution < 1.29 is 14.7 Å². The van der Waals surface area contributed by atoms with Crippen LogP contribution in [0.15, 0.2) is 16.1 Å². The lowest BCUT2D eigenvalue weighted by Crippen LogP contribution is -2.33. The molecule has 1 amide bonds. The number of aldehydes is 1. The Hall–Kier alpha value is -2.42. The molecule has 2 aromatic rings. The maximum Gasteiger partial charge on any atom is 0.268 e. The lowest BCUT2D eigenvalue weighted by atomic mass is 10.2. The quantitative estimate of drug-likeness (QED) is 0.452. The third kappa shape index (κ3) is 2.59. The Labute approximate surface area is 123 Å². The van der Waals surface area contributed by atoms with Crippen LogP contribution in [0.5, 0.6) is 5.75 Å². The molecule has 0 radical (unpaired) electrons. The van der Waals surface area contributed by atoms with Gasteiger partial charge in [0.2, 0.25) is 0 Å². The molecule has 0 aromatic carbocycles. The summed E-state index contributed by atoms with van der Waals surface area (Å²) < 4.78 is 1.16. The van der Waals surface area contributed by atoms with Crippen LogP contribution >= 0.6 is 11.8 Å². The van der Waals surface area contributed by atoms with Crippen molar-refractivity contribution in [3.63, 3.8) is 0 Å². The highest BCUT2D eigenvalue weighted by atomic mass is 32.2. The van der Waals surface area contributed by atoms with Gasteiger partial charge in [-0.05, 0) is 6.26 Å². The molecule has 0 aliphatic rings. The zero-order chi connectivity index (χ0) is 15.6. The summed E-state index contributed by atoms with van der Waals surface area (Å²) in [7, 11) is 1.44. The Balaban J connectivity index is 2.72. The molecular formula is C12H12N4O4S. The number of carbonyl (C=O) groups excluding carboxylic acids is 2. The minimum atomic E-state index is -0.823. The van der Waals surface area contributed by atoms with E-state index < -0.39 is 22.8 Å². The summed E-state index contributed by atoms with van der Waals surface area (Å²) in [6.45, 7) is -0.249. The van der Waals surface area contributed by atoms with Gasteiger partial charge in [0.1, 0.15) is 17.6 Å². The largest absolute Gasteiger partial charge is 0.506 e. The first-order chi connectivity index (χ1) is 10.0. The third-order valence-corrected chi connectivity index (χ3v) is 3.39. The summed E-state index contributed by atoms with van der Waals surface area (Å²) in [6.07, 6.45) is 3.61. The van der Waals surface area contributed by atoms with Crippen molar-refractivity contribution in [3.8, 4) is 5.75 Å². The number of carbonyl (C=O) groups is 2. The molecule has 8 nitrogen and oxygen atoms in total. The van der Waals surface area contributed by atoms with E-state index in [2.05, 4.69) is 15.3 Å². The molecular weight excluding hydrogens is 296 g/mol. The highest BCUT2D eigenvalue weighted by Gasteiger charge is 2.21. The third-order valence-electron chi connectivity index (χ3n) is 2.83. The molecule has 0 fully saturated rings. The van der Waals surface area contributed by atoms with Crippen molar-refractivity contribution in [3.05, 3.63) is 22.1 Å². The lowest BCUT2D eigenvalue weighted by Gasteiger charge is -2.10. The average Bonchev–Trinajstić information content (AvgIpc) is 2.50. The molecule has 0 aliphatic carbocycles. The lowest BCUT2D eigenvalue weighted by molar-refractivity contribution is -0.107. The summed E-state index contributed by atoms with van der Waals surface area (Å²) in [4.78, 5) is 42.5. The molecule has 0 aliphatic heterocycles. The first kappa shape index (κ1) is 15.0. The number of hydrogen-bond acceptors (Lipinski definition) is 7. The molecule has 0 atom stereocenters. The van der Waals surface area contributed by atoms with Gasteiger partial charge in [0.25, 0.3) is 11.5 Å². The number of hydrogen-bond donors (Lipinski definition) is 2. The van der Waals surface area contributed by atoms with Gasteiger partial charge in [-0.1, -0.05) is 11.8 Å². The van der Waals surface area contributed by atoms with E-state index in [1.807, 2.05) is 0 Å². The number of aromatic nitrogens is 3. The predicted octanol–water partition coefficient (Wildman–Crippen LogP) is -0.315. The van der Waals surface area contributed by atoms with E-state index in [1.54, 1.807) is 6.26 Å². The summed E-state index contributed by atoms with van der Waals surface area (Å²) >= 11 is 1.29. The van der Waals surface area contributed by atoms with Gasteiger partial charge in [-0.2, -0.15) is 0 Å². The zero-order valence-corrected chi connectivity index (χ0v) is 12.1.